The topological polar surface area (TPSA) is 54.9 Å². The van der Waals surface area contributed by atoms with Crippen molar-refractivity contribution in [3.63, 3.8) is 0 Å². The Hall–Kier alpha value is -0.860. The van der Waals surface area contributed by atoms with Crippen molar-refractivity contribution in [2.24, 2.45) is 4.99 Å². The molecule has 1 aromatic carbocycles. The molecule has 0 saturated heterocycles. The molecule has 1 aromatic rings. The number of hydrogen-bond donors (Lipinski definition) is 2. The predicted octanol–water partition coefficient (Wildman–Crippen LogP) is 2.46. The monoisotopic (exact) mass is 435 g/mol. The summed E-state index contributed by atoms with van der Waals surface area (Å²) in [7, 11) is 1.77. The summed E-state index contributed by atoms with van der Waals surface area (Å²) in [6.07, 6.45) is 1.93. The van der Waals surface area contributed by atoms with Gasteiger partial charge in [-0.1, -0.05) is 30.3 Å². The van der Waals surface area contributed by atoms with E-state index in [0.717, 1.165) is 51.7 Å². The van der Waals surface area contributed by atoms with Gasteiger partial charge in [0.2, 0.25) is 0 Å². The van der Waals surface area contributed by atoms with Crippen LogP contribution >= 0.6 is 24.0 Å². The number of benzene rings is 1. The van der Waals surface area contributed by atoms with E-state index in [4.69, 9.17) is 9.47 Å². The van der Waals surface area contributed by atoms with E-state index in [1.165, 1.54) is 5.56 Å². The predicted molar refractivity (Wildman–Crippen MR) is 107 cm³/mol. The van der Waals surface area contributed by atoms with Gasteiger partial charge in [-0.15, -0.1) is 24.0 Å². The minimum Gasteiger partial charge on any atom is -0.381 e. The van der Waals surface area contributed by atoms with Crippen LogP contribution in [-0.4, -0.2) is 52.5 Å². The third kappa shape index (κ3) is 12.3. The molecule has 0 atom stereocenters. The van der Waals surface area contributed by atoms with E-state index in [0.29, 0.717) is 6.61 Å². The maximum atomic E-state index is 5.65. The highest BCUT2D eigenvalue weighted by molar-refractivity contribution is 14.0. The largest absolute Gasteiger partial charge is 0.381 e. The molecular formula is C17H30IN3O2. The van der Waals surface area contributed by atoms with E-state index in [9.17, 15) is 0 Å². The van der Waals surface area contributed by atoms with Gasteiger partial charge < -0.3 is 20.1 Å². The minimum absolute atomic E-state index is 0. The second-order valence-electron chi connectivity index (χ2n) is 4.82. The standard InChI is InChI=1S/C17H29N3O2.HI/c1-3-21-15-12-20-17(18-2)19-11-7-13-22-14-10-16-8-5-4-6-9-16;/h4-6,8-9H,3,7,10-15H2,1-2H3,(H2,18,19,20);1H. The van der Waals surface area contributed by atoms with Crippen LogP contribution in [0.3, 0.4) is 0 Å². The molecule has 1 rings (SSSR count). The Morgan fingerprint density at radius 2 is 1.74 bits per heavy atom. The Kier molecular flexibility index (Phi) is 15.4. The molecule has 0 aromatic heterocycles. The normalized spacial score (nSPS) is 11.0. The third-order valence-corrected chi connectivity index (χ3v) is 3.10. The molecular weight excluding hydrogens is 405 g/mol. The van der Waals surface area contributed by atoms with Gasteiger partial charge in [-0.05, 0) is 25.3 Å². The van der Waals surface area contributed by atoms with Gasteiger partial charge in [0.15, 0.2) is 5.96 Å². The molecule has 0 spiro atoms. The first-order valence-electron chi connectivity index (χ1n) is 8.00. The fourth-order valence-electron chi connectivity index (χ4n) is 1.92. The fraction of sp³-hybridized carbons (Fsp3) is 0.588. The lowest BCUT2D eigenvalue weighted by Crippen LogP contribution is -2.39. The summed E-state index contributed by atoms with van der Waals surface area (Å²) in [5, 5.41) is 6.46. The molecule has 0 bridgehead atoms. The molecule has 5 nitrogen and oxygen atoms in total. The molecule has 0 radical (unpaired) electrons. The number of guanidine groups is 1. The van der Waals surface area contributed by atoms with Gasteiger partial charge in [0.25, 0.3) is 0 Å². The molecule has 0 aliphatic rings. The number of nitrogens with zero attached hydrogens (tertiary/aromatic N) is 1. The number of hydrogen-bond acceptors (Lipinski definition) is 3. The number of rotatable bonds is 11. The Bertz CT molecular complexity index is 402. The lowest BCUT2D eigenvalue weighted by atomic mass is 10.2. The van der Waals surface area contributed by atoms with Crippen molar-refractivity contribution in [2.45, 2.75) is 19.8 Å². The first-order valence-corrected chi connectivity index (χ1v) is 8.00. The Morgan fingerprint density at radius 1 is 1.00 bits per heavy atom. The smallest absolute Gasteiger partial charge is 0.191 e. The molecule has 0 aliphatic heterocycles. The second kappa shape index (κ2) is 16.0. The summed E-state index contributed by atoms with van der Waals surface area (Å²) < 4.78 is 10.9. The molecule has 0 heterocycles. The van der Waals surface area contributed by atoms with Gasteiger partial charge in [-0.25, -0.2) is 0 Å². The maximum Gasteiger partial charge on any atom is 0.191 e. The van der Waals surface area contributed by atoms with Gasteiger partial charge >= 0.3 is 0 Å². The first kappa shape index (κ1) is 22.1. The van der Waals surface area contributed by atoms with Crippen LogP contribution in [0.15, 0.2) is 35.3 Å². The maximum absolute atomic E-state index is 5.65. The SMILES string of the molecule is CCOCCNC(=NC)NCCCOCCc1ccccc1.I. The molecule has 2 N–H and O–H groups in total. The Labute approximate surface area is 157 Å². The summed E-state index contributed by atoms with van der Waals surface area (Å²) in [6.45, 7) is 6.57. The van der Waals surface area contributed by atoms with E-state index >= 15 is 0 Å². The van der Waals surface area contributed by atoms with Crippen LogP contribution in [0.1, 0.15) is 18.9 Å². The van der Waals surface area contributed by atoms with Gasteiger partial charge in [0.1, 0.15) is 0 Å². The highest BCUT2D eigenvalue weighted by atomic mass is 127. The number of aliphatic imine (C=N–C) groups is 1. The summed E-state index contributed by atoms with van der Waals surface area (Å²) in [4.78, 5) is 4.16. The van der Waals surface area contributed by atoms with Crippen molar-refractivity contribution >= 4 is 29.9 Å². The third-order valence-electron chi connectivity index (χ3n) is 3.10. The molecule has 132 valence electrons. The van der Waals surface area contributed by atoms with E-state index in [-0.39, 0.29) is 24.0 Å². The first-order chi connectivity index (χ1) is 10.9. The van der Waals surface area contributed by atoms with Crippen LogP contribution in [0.25, 0.3) is 0 Å². The fourth-order valence-corrected chi connectivity index (χ4v) is 1.92. The number of halogens is 1. The summed E-state index contributed by atoms with van der Waals surface area (Å²) in [5.74, 6) is 0.809. The van der Waals surface area contributed by atoms with E-state index in [2.05, 4.69) is 39.9 Å². The molecule has 0 aliphatic carbocycles. The highest BCUT2D eigenvalue weighted by Crippen LogP contribution is 1.99. The second-order valence-corrected chi connectivity index (χ2v) is 4.82. The highest BCUT2D eigenvalue weighted by Gasteiger charge is 1.97. The van der Waals surface area contributed by atoms with Crippen molar-refractivity contribution in [3.8, 4) is 0 Å². The van der Waals surface area contributed by atoms with Crippen molar-refractivity contribution in [3.05, 3.63) is 35.9 Å². The zero-order chi connectivity index (χ0) is 15.9. The molecule has 23 heavy (non-hydrogen) atoms. The summed E-state index contributed by atoms with van der Waals surface area (Å²) in [5.41, 5.74) is 1.32. The van der Waals surface area contributed by atoms with Crippen LogP contribution in [0, 0.1) is 0 Å². The minimum atomic E-state index is 0. The summed E-state index contributed by atoms with van der Waals surface area (Å²) in [6, 6.07) is 10.4. The van der Waals surface area contributed by atoms with Crippen molar-refractivity contribution < 1.29 is 9.47 Å². The lowest BCUT2D eigenvalue weighted by Gasteiger charge is -2.11. The van der Waals surface area contributed by atoms with Gasteiger partial charge in [0, 0.05) is 33.4 Å². The number of ether oxygens (including phenoxy) is 2. The van der Waals surface area contributed by atoms with E-state index in [1.807, 2.05) is 13.0 Å². The quantitative estimate of drug-likeness (QED) is 0.243. The van der Waals surface area contributed by atoms with Crippen LogP contribution in [-0.2, 0) is 15.9 Å². The van der Waals surface area contributed by atoms with Crippen molar-refractivity contribution in [2.75, 3.05) is 46.6 Å². The van der Waals surface area contributed by atoms with E-state index in [1.54, 1.807) is 7.05 Å². The molecule has 0 amide bonds. The molecule has 0 saturated carbocycles. The van der Waals surface area contributed by atoms with Gasteiger partial charge in [0.05, 0.1) is 13.2 Å². The summed E-state index contributed by atoms with van der Waals surface area (Å²) >= 11 is 0. The van der Waals surface area contributed by atoms with Gasteiger partial charge in [-0.3, -0.25) is 4.99 Å². The van der Waals surface area contributed by atoms with Crippen molar-refractivity contribution in [1.29, 1.82) is 0 Å². The Morgan fingerprint density at radius 3 is 2.43 bits per heavy atom. The average molecular weight is 435 g/mol. The zero-order valence-electron chi connectivity index (χ0n) is 14.2. The van der Waals surface area contributed by atoms with Crippen LogP contribution in [0.2, 0.25) is 0 Å². The zero-order valence-corrected chi connectivity index (χ0v) is 16.5. The molecule has 0 unspecified atom stereocenters. The number of nitrogens with one attached hydrogen (secondary N) is 2. The lowest BCUT2D eigenvalue weighted by molar-refractivity contribution is 0.135. The molecule has 0 fully saturated rings. The van der Waals surface area contributed by atoms with E-state index < -0.39 is 0 Å². The van der Waals surface area contributed by atoms with Crippen molar-refractivity contribution in [1.82, 2.24) is 10.6 Å². The van der Waals surface area contributed by atoms with Crippen LogP contribution < -0.4 is 10.6 Å². The Balaban J connectivity index is 0.00000484. The average Bonchev–Trinajstić information content (AvgIpc) is 2.56. The molecule has 6 heteroatoms. The van der Waals surface area contributed by atoms with Crippen LogP contribution in [0.5, 0.6) is 0 Å². The van der Waals surface area contributed by atoms with Gasteiger partial charge in [-0.2, -0.15) is 0 Å². The van der Waals surface area contributed by atoms with Crippen LogP contribution in [0.4, 0.5) is 0 Å².